The van der Waals surface area contributed by atoms with Crippen molar-refractivity contribution in [1.29, 1.82) is 0 Å². The Kier molecular flexibility index (Phi) is 3.96. The first-order valence-corrected chi connectivity index (χ1v) is 7.09. The molecule has 0 aliphatic heterocycles. The monoisotopic (exact) mass is 348 g/mol. The zero-order valence-corrected chi connectivity index (χ0v) is 12.5. The van der Waals surface area contributed by atoms with Gasteiger partial charge in [-0.15, -0.1) is 0 Å². The van der Waals surface area contributed by atoms with Gasteiger partial charge in [-0.1, -0.05) is 18.2 Å². The second-order valence-electron chi connectivity index (χ2n) is 5.29. The van der Waals surface area contributed by atoms with Crippen LogP contribution in [0.1, 0.15) is 26.4 Å². The van der Waals surface area contributed by atoms with Gasteiger partial charge in [0.2, 0.25) is 0 Å². The summed E-state index contributed by atoms with van der Waals surface area (Å²) in [5.74, 6) is -1.89. The van der Waals surface area contributed by atoms with Crippen molar-refractivity contribution in [2.24, 2.45) is 0 Å². The quantitative estimate of drug-likeness (QED) is 0.665. The summed E-state index contributed by atoms with van der Waals surface area (Å²) in [5, 5.41) is 12.1. The average molecular weight is 348 g/mol. The molecule has 0 aliphatic carbocycles. The van der Waals surface area contributed by atoms with Crippen LogP contribution < -0.4 is 5.32 Å². The number of benzene rings is 2. The number of H-pyrrole nitrogens is 1. The van der Waals surface area contributed by atoms with Gasteiger partial charge in [0.05, 0.1) is 16.8 Å². The number of aromatic amines is 1. The van der Waals surface area contributed by atoms with Crippen molar-refractivity contribution in [3.63, 3.8) is 0 Å². The number of rotatable bonds is 3. The lowest BCUT2D eigenvalue weighted by Crippen LogP contribution is -2.14. The number of para-hydroxylation sites is 1. The number of aromatic carboxylic acids is 1. The highest BCUT2D eigenvalue weighted by atomic mass is 19.4. The summed E-state index contributed by atoms with van der Waals surface area (Å²) in [6, 6.07) is 10.2. The van der Waals surface area contributed by atoms with E-state index < -0.39 is 23.6 Å². The van der Waals surface area contributed by atoms with Gasteiger partial charge < -0.3 is 15.4 Å². The normalized spacial score (nSPS) is 11.5. The van der Waals surface area contributed by atoms with Crippen LogP contribution >= 0.6 is 0 Å². The highest BCUT2D eigenvalue weighted by molar-refractivity contribution is 6.09. The van der Waals surface area contributed by atoms with Crippen molar-refractivity contribution >= 4 is 28.5 Å². The number of fused-ring (bicyclic) bond motifs is 1. The molecule has 5 nitrogen and oxygen atoms in total. The molecule has 2 aromatic carbocycles. The fourth-order valence-corrected chi connectivity index (χ4v) is 2.41. The number of nitrogens with one attached hydrogen (secondary N) is 2. The minimum absolute atomic E-state index is 0.0595. The summed E-state index contributed by atoms with van der Waals surface area (Å²) >= 11 is 0. The van der Waals surface area contributed by atoms with Crippen LogP contribution in [0.2, 0.25) is 0 Å². The Morgan fingerprint density at radius 1 is 1.04 bits per heavy atom. The molecule has 8 heteroatoms. The van der Waals surface area contributed by atoms with Crippen molar-refractivity contribution in [2.75, 3.05) is 5.32 Å². The SMILES string of the molecule is O=C(Nc1cccc2cc(C(=O)O)[nH]c12)c1cccc(C(F)(F)F)c1. The van der Waals surface area contributed by atoms with Crippen molar-refractivity contribution in [3.05, 3.63) is 65.4 Å². The molecule has 1 heterocycles. The van der Waals surface area contributed by atoms with Gasteiger partial charge in [-0.25, -0.2) is 4.79 Å². The lowest BCUT2D eigenvalue weighted by atomic mass is 10.1. The Morgan fingerprint density at radius 2 is 1.76 bits per heavy atom. The summed E-state index contributed by atoms with van der Waals surface area (Å²) in [6.45, 7) is 0. The Bertz CT molecular complexity index is 977. The van der Waals surface area contributed by atoms with Crippen LogP contribution in [0.3, 0.4) is 0 Å². The molecule has 1 amide bonds. The molecule has 3 N–H and O–H groups in total. The van der Waals surface area contributed by atoms with Gasteiger partial charge >= 0.3 is 12.1 Å². The molecule has 1 aromatic heterocycles. The lowest BCUT2D eigenvalue weighted by Gasteiger charge is -2.10. The predicted octanol–water partition coefficient (Wildman–Crippen LogP) is 4.14. The number of carbonyl (C=O) groups excluding carboxylic acids is 1. The summed E-state index contributed by atoms with van der Waals surface area (Å²) < 4.78 is 38.3. The number of hydrogen-bond donors (Lipinski definition) is 3. The van der Waals surface area contributed by atoms with Crippen LogP contribution in [0, 0.1) is 0 Å². The smallest absolute Gasteiger partial charge is 0.416 e. The fourth-order valence-electron chi connectivity index (χ4n) is 2.41. The highest BCUT2D eigenvalue weighted by Crippen LogP contribution is 2.30. The van der Waals surface area contributed by atoms with Crippen molar-refractivity contribution in [3.8, 4) is 0 Å². The Balaban J connectivity index is 1.94. The van der Waals surface area contributed by atoms with E-state index in [2.05, 4.69) is 10.3 Å². The van der Waals surface area contributed by atoms with Crippen LogP contribution in [0.5, 0.6) is 0 Å². The fraction of sp³-hybridized carbons (Fsp3) is 0.0588. The molecule has 128 valence electrons. The summed E-state index contributed by atoms with van der Waals surface area (Å²) in [4.78, 5) is 26.0. The Labute approximate surface area is 139 Å². The minimum Gasteiger partial charge on any atom is -0.477 e. The van der Waals surface area contributed by atoms with Crippen LogP contribution in [-0.4, -0.2) is 22.0 Å². The average Bonchev–Trinajstić information content (AvgIpc) is 3.00. The predicted molar refractivity (Wildman–Crippen MR) is 84.7 cm³/mol. The largest absolute Gasteiger partial charge is 0.477 e. The summed E-state index contributed by atoms with van der Waals surface area (Å²) in [7, 11) is 0. The molecular weight excluding hydrogens is 337 g/mol. The summed E-state index contributed by atoms with van der Waals surface area (Å²) in [6.07, 6.45) is -4.55. The number of amides is 1. The summed E-state index contributed by atoms with van der Waals surface area (Å²) in [5.41, 5.74) is -0.494. The number of anilines is 1. The second kappa shape index (κ2) is 5.97. The van der Waals surface area contributed by atoms with E-state index in [1.54, 1.807) is 12.1 Å². The third-order valence-corrected chi connectivity index (χ3v) is 3.59. The van der Waals surface area contributed by atoms with E-state index in [4.69, 9.17) is 5.11 Å². The Hall–Kier alpha value is -3.29. The van der Waals surface area contributed by atoms with E-state index in [1.165, 1.54) is 18.2 Å². The maximum atomic E-state index is 12.8. The van der Waals surface area contributed by atoms with E-state index in [-0.39, 0.29) is 16.9 Å². The number of carboxylic acids is 1. The van der Waals surface area contributed by atoms with Gasteiger partial charge in [-0.2, -0.15) is 13.2 Å². The molecule has 0 saturated carbocycles. The molecule has 0 atom stereocenters. The first-order valence-electron chi connectivity index (χ1n) is 7.09. The molecule has 25 heavy (non-hydrogen) atoms. The number of carbonyl (C=O) groups is 2. The molecule has 0 unspecified atom stereocenters. The third kappa shape index (κ3) is 3.32. The van der Waals surface area contributed by atoms with Gasteiger partial charge in [0.25, 0.3) is 5.91 Å². The number of alkyl halides is 3. The minimum atomic E-state index is -4.55. The van der Waals surface area contributed by atoms with E-state index in [0.717, 1.165) is 18.2 Å². The topological polar surface area (TPSA) is 82.2 Å². The van der Waals surface area contributed by atoms with E-state index in [9.17, 15) is 22.8 Å². The van der Waals surface area contributed by atoms with E-state index in [0.29, 0.717) is 10.9 Å². The van der Waals surface area contributed by atoms with Gasteiger partial charge in [0.15, 0.2) is 0 Å². The molecule has 0 radical (unpaired) electrons. The number of carboxylic acid groups (broad SMARTS) is 1. The van der Waals surface area contributed by atoms with E-state index in [1.807, 2.05) is 0 Å². The maximum absolute atomic E-state index is 12.8. The van der Waals surface area contributed by atoms with Crippen LogP contribution in [0.4, 0.5) is 18.9 Å². The molecule has 0 saturated heterocycles. The molecule has 0 aliphatic rings. The molecule has 0 fully saturated rings. The zero-order valence-electron chi connectivity index (χ0n) is 12.5. The molecule has 0 bridgehead atoms. The number of halogens is 3. The molecular formula is C17H11F3N2O3. The molecule has 3 rings (SSSR count). The van der Waals surface area contributed by atoms with E-state index >= 15 is 0 Å². The van der Waals surface area contributed by atoms with Crippen LogP contribution in [-0.2, 0) is 6.18 Å². The highest BCUT2D eigenvalue weighted by Gasteiger charge is 2.30. The second-order valence-corrected chi connectivity index (χ2v) is 5.29. The van der Waals surface area contributed by atoms with Gasteiger partial charge in [0.1, 0.15) is 5.69 Å². The van der Waals surface area contributed by atoms with Crippen molar-refractivity contribution in [2.45, 2.75) is 6.18 Å². The van der Waals surface area contributed by atoms with Crippen molar-refractivity contribution < 1.29 is 27.9 Å². The van der Waals surface area contributed by atoms with Gasteiger partial charge in [-0.3, -0.25) is 4.79 Å². The third-order valence-electron chi connectivity index (χ3n) is 3.59. The number of hydrogen-bond acceptors (Lipinski definition) is 2. The first kappa shape index (κ1) is 16.6. The standard InChI is InChI=1S/C17H11F3N2O3/c18-17(19,20)11-5-1-4-10(7-11)15(23)22-12-6-2-3-9-8-13(16(24)25)21-14(9)12/h1-8,21H,(H,22,23)(H,24,25). The zero-order chi connectivity index (χ0) is 18.2. The van der Waals surface area contributed by atoms with Gasteiger partial charge in [0, 0.05) is 10.9 Å². The van der Waals surface area contributed by atoms with Crippen LogP contribution in [0.25, 0.3) is 10.9 Å². The number of aromatic nitrogens is 1. The molecule has 0 spiro atoms. The van der Waals surface area contributed by atoms with Crippen LogP contribution in [0.15, 0.2) is 48.5 Å². The molecule has 3 aromatic rings. The Morgan fingerprint density at radius 3 is 2.44 bits per heavy atom. The maximum Gasteiger partial charge on any atom is 0.416 e. The first-order chi connectivity index (χ1) is 11.8. The van der Waals surface area contributed by atoms with Crippen molar-refractivity contribution in [1.82, 2.24) is 4.98 Å². The lowest BCUT2D eigenvalue weighted by molar-refractivity contribution is -0.137. The van der Waals surface area contributed by atoms with Gasteiger partial charge in [-0.05, 0) is 30.3 Å².